The van der Waals surface area contributed by atoms with E-state index in [4.69, 9.17) is 5.11 Å². The zero-order valence-corrected chi connectivity index (χ0v) is 13.8. The molecule has 118 valence electrons. The molecule has 1 aromatic carbocycles. The Bertz CT molecular complexity index is 655. The Hall–Kier alpha value is -1.25. The molecule has 21 heavy (non-hydrogen) atoms. The maximum Gasteiger partial charge on any atom is 0.335 e. The van der Waals surface area contributed by atoms with E-state index in [2.05, 4.69) is 4.72 Å². The summed E-state index contributed by atoms with van der Waals surface area (Å²) in [5.74, 6) is -0.767. The van der Waals surface area contributed by atoms with Crippen molar-refractivity contribution in [3.8, 4) is 0 Å². The number of sulfonamides is 1. The molecule has 2 atom stereocenters. The van der Waals surface area contributed by atoms with E-state index in [1.54, 1.807) is 13.2 Å². The van der Waals surface area contributed by atoms with Crippen molar-refractivity contribution in [1.29, 1.82) is 0 Å². The van der Waals surface area contributed by atoms with Crippen LogP contribution >= 0.6 is 0 Å². The van der Waals surface area contributed by atoms with E-state index in [1.165, 1.54) is 25.1 Å². The van der Waals surface area contributed by atoms with E-state index in [-0.39, 0.29) is 22.1 Å². The molecule has 0 bridgehead atoms. The highest BCUT2D eigenvalue weighted by molar-refractivity contribution is 7.89. The average molecular weight is 333 g/mol. The molecule has 6 nitrogen and oxygen atoms in total. The number of benzene rings is 1. The Morgan fingerprint density at radius 2 is 2.05 bits per heavy atom. The maximum atomic E-state index is 12.3. The predicted octanol–water partition coefficient (Wildman–Crippen LogP) is 1.13. The zero-order valence-electron chi connectivity index (χ0n) is 12.1. The van der Waals surface area contributed by atoms with E-state index in [1.807, 2.05) is 0 Å². The van der Waals surface area contributed by atoms with E-state index in [9.17, 15) is 17.4 Å². The number of hydrogen-bond donors (Lipinski definition) is 2. The van der Waals surface area contributed by atoms with Gasteiger partial charge in [-0.15, -0.1) is 0 Å². The van der Waals surface area contributed by atoms with Gasteiger partial charge in [0.05, 0.1) is 10.5 Å². The van der Waals surface area contributed by atoms with Gasteiger partial charge in [-0.2, -0.15) is 0 Å². The Balaban J connectivity index is 3.01. The van der Waals surface area contributed by atoms with Crippen molar-refractivity contribution in [1.82, 2.24) is 4.72 Å². The molecule has 1 aromatic rings. The van der Waals surface area contributed by atoms with Crippen LogP contribution in [0.2, 0.25) is 0 Å². The molecule has 0 aliphatic carbocycles. The number of nitrogens with one attached hydrogen (secondary N) is 1. The molecule has 0 aliphatic rings. The summed E-state index contributed by atoms with van der Waals surface area (Å²) < 4.78 is 38.1. The van der Waals surface area contributed by atoms with Crippen LogP contribution < -0.4 is 4.72 Å². The van der Waals surface area contributed by atoms with Gasteiger partial charge in [-0.3, -0.25) is 4.21 Å². The fourth-order valence-electron chi connectivity index (χ4n) is 1.87. The molecule has 0 heterocycles. The summed E-state index contributed by atoms with van der Waals surface area (Å²) in [5, 5.41) is 9.03. The minimum Gasteiger partial charge on any atom is -0.478 e. The summed E-state index contributed by atoms with van der Waals surface area (Å²) in [6, 6.07) is 3.75. The largest absolute Gasteiger partial charge is 0.478 e. The van der Waals surface area contributed by atoms with Gasteiger partial charge in [0.15, 0.2) is 0 Å². The van der Waals surface area contributed by atoms with Gasteiger partial charge >= 0.3 is 5.97 Å². The third-order valence-electron chi connectivity index (χ3n) is 3.00. The fourth-order valence-corrected chi connectivity index (χ4v) is 4.10. The third-order valence-corrected chi connectivity index (χ3v) is 5.54. The van der Waals surface area contributed by atoms with Crippen LogP contribution in [0.1, 0.15) is 29.3 Å². The van der Waals surface area contributed by atoms with Crippen molar-refractivity contribution in [2.75, 3.05) is 12.0 Å². The molecule has 2 N–H and O–H groups in total. The summed E-state index contributed by atoms with van der Waals surface area (Å²) in [6.07, 6.45) is 2.00. The van der Waals surface area contributed by atoms with Crippen LogP contribution in [0.4, 0.5) is 0 Å². The summed E-state index contributed by atoms with van der Waals surface area (Å²) in [5.41, 5.74) is 0.156. The summed E-state index contributed by atoms with van der Waals surface area (Å²) in [7, 11) is -4.79. The van der Waals surface area contributed by atoms with Crippen molar-refractivity contribution in [3.05, 3.63) is 29.3 Å². The second kappa shape index (κ2) is 7.15. The molecular weight excluding hydrogens is 314 g/mol. The lowest BCUT2D eigenvalue weighted by Crippen LogP contribution is -2.34. The highest BCUT2D eigenvalue weighted by Gasteiger charge is 2.22. The van der Waals surface area contributed by atoms with Gasteiger partial charge < -0.3 is 5.11 Å². The third kappa shape index (κ3) is 4.90. The first kappa shape index (κ1) is 17.8. The SMILES string of the molecule is Cc1c(C(=O)O)cccc1S(=O)(=O)NC(C)CCS(C)=O. The number of carbonyl (C=O) groups is 1. The second-order valence-corrected chi connectivity index (χ2v) is 8.06. The molecule has 0 spiro atoms. The number of hydrogen-bond acceptors (Lipinski definition) is 4. The molecular formula is C13H19NO5S2. The standard InChI is InChI=1S/C13H19NO5S2/c1-9(7-8-20(3)17)14-21(18,19)12-6-4-5-11(10(12)2)13(15)16/h4-6,9,14H,7-8H2,1-3H3,(H,15,16). The van der Waals surface area contributed by atoms with Crippen molar-refractivity contribution in [2.45, 2.75) is 31.2 Å². The predicted molar refractivity (Wildman–Crippen MR) is 81.5 cm³/mol. The highest BCUT2D eigenvalue weighted by atomic mass is 32.2. The monoisotopic (exact) mass is 333 g/mol. The van der Waals surface area contributed by atoms with Crippen LogP contribution in [0.15, 0.2) is 23.1 Å². The quantitative estimate of drug-likeness (QED) is 0.779. The van der Waals surface area contributed by atoms with E-state index in [0.29, 0.717) is 12.2 Å². The molecule has 0 aliphatic heterocycles. The summed E-state index contributed by atoms with van der Waals surface area (Å²) >= 11 is 0. The lowest BCUT2D eigenvalue weighted by molar-refractivity contribution is 0.0696. The fraction of sp³-hybridized carbons (Fsp3) is 0.462. The molecule has 0 aromatic heterocycles. The second-order valence-electron chi connectivity index (χ2n) is 4.82. The Morgan fingerprint density at radius 3 is 2.57 bits per heavy atom. The Morgan fingerprint density at radius 1 is 1.43 bits per heavy atom. The van der Waals surface area contributed by atoms with Gasteiger partial charge in [0.2, 0.25) is 10.0 Å². The lowest BCUT2D eigenvalue weighted by atomic mass is 10.1. The molecule has 0 saturated carbocycles. The highest BCUT2D eigenvalue weighted by Crippen LogP contribution is 2.19. The normalized spacial score (nSPS) is 14.6. The van der Waals surface area contributed by atoms with Gasteiger partial charge in [0, 0.05) is 28.9 Å². The van der Waals surface area contributed by atoms with Gasteiger partial charge in [0.1, 0.15) is 0 Å². The first-order chi connectivity index (χ1) is 9.65. The average Bonchev–Trinajstić information content (AvgIpc) is 2.35. The van der Waals surface area contributed by atoms with Crippen LogP contribution in [-0.4, -0.2) is 41.8 Å². The molecule has 2 unspecified atom stereocenters. The van der Waals surface area contributed by atoms with Crippen molar-refractivity contribution < 1.29 is 22.5 Å². The van der Waals surface area contributed by atoms with Crippen LogP contribution in [0, 0.1) is 6.92 Å². The zero-order chi connectivity index (χ0) is 16.2. The maximum absolute atomic E-state index is 12.3. The van der Waals surface area contributed by atoms with Crippen LogP contribution in [0.3, 0.4) is 0 Å². The summed E-state index contributed by atoms with van der Waals surface area (Å²) in [6.45, 7) is 3.14. The number of carboxylic acid groups (broad SMARTS) is 1. The first-order valence-corrected chi connectivity index (χ1v) is 9.51. The van der Waals surface area contributed by atoms with Gasteiger partial charge in [-0.05, 0) is 38.0 Å². The Kier molecular flexibility index (Phi) is 6.06. The number of aromatic carboxylic acids is 1. The smallest absolute Gasteiger partial charge is 0.335 e. The van der Waals surface area contributed by atoms with Crippen molar-refractivity contribution in [3.63, 3.8) is 0 Å². The summed E-state index contributed by atoms with van der Waals surface area (Å²) in [4.78, 5) is 11.0. The molecule has 0 saturated heterocycles. The van der Waals surface area contributed by atoms with E-state index >= 15 is 0 Å². The van der Waals surface area contributed by atoms with E-state index in [0.717, 1.165) is 0 Å². The number of rotatable bonds is 7. The lowest BCUT2D eigenvalue weighted by Gasteiger charge is -2.15. The van der Waals surface area contributed by atoms with E-state index < -0.39 is 26.8 Å². The van der Waals surface area contributed by atoms with Crippen molar-refractivity contribution in [2.24, 2.45) is 0 Å². The molecule has 0 fully saturated rings. The molecule has 1 rings (SSSR count). The minimum absolute atomic E-state index is 0.0415. The topological polar surface area (TPSA) is 101 Å². The van der Waals surface area contributed by atoms with Crippen LogP contribution in [0.5, 0.6) is 0 Å². The van der Waals surface area contributed by atoms with Crippen molar-refractivity contribution >= 4 is 26.8 Å². The van der Waals surface area contributed by atoms with Crippen LogP contribution in [0.25, 0.3) is 0 Å². The van der Waals surface area contributed by atoms with Crippen LogP contribution in [-0.2, 0) is 20.8 Å². The minimum atomic E-state index is -3.81. The molecule has 0 radical (unpaired) electrons. The molecule has 0 amide bonds. The van der Waals surface area contributed by atoms with Gasteiger partial charge in [0.25, 0.3) is 0 Å². The Labute approximate surface area is 127 Å². The number of carboxylic acids is 1. The molecule has 8 heteroatoms. The van der Waals surface area contributed by atoms with Gasteiger partial charge in [-0.1, -0.05) is 6.07 Å². The van der Waals surface area contributed by atoms with Gasteiger partial charge in [-0.25, -0.2) is 17.9 Å². The first-order valence-electron chi connectivity index (χ1n) is 6.30.